The minimum Gasteiger partial charge on any atom is -0.383 e. The number of hydrogen-bond donors (Lipinski definition) is 1. The maximum atomic E-state index is 6.04. The van der Waals surface area contributed by atoms with Crippen molar-refractivity contribution in [2.24, 2.45) is 0 Å². The molecule has 0 saturated carbocycles. The molecular weight excluding hydrogens is 286 g/mol. The van der Waals surface area contributed by atoms with Crippen molar-refractivity contribution in [1.82, 2.24) is 19.7 Å². The Kier molecular flexibility index (Phi) is 3.35. The van der Waals surface area contributed by atoms with E-state index in [1.807, 2.05) is 44.2 Å². The van der Waals surface area contributed by atoms with Gasteiger partial charge >= 0.3 is 0 Å². The van der Waals surface area contributed by atoms with Crippen LogP contribution in [0.1, 0.15) is 11.4 Å². The SMILES string of the molecule is Cc1cc(C)nc(-n2nc(-c3ccc(Cl)cc3)cc2N)n1. The number of benzene rings is 1. The van der Waals surface area contributed by atoms with Crippen molar-refractivity contribution in [2.75, 3.05) is 5.73 Å². The van der Waals surface area contributed by atoms with E-state index in [1.165, 1.54) is 0 Å². The fourth-order valence-corrected chi connectivity index (χ4v) is 2.25. The molecule has 0 saturated heterocycles. The number of halogens is 1. The van der Waals surface area contributed by atoms with E-state index in [4.69, 9.17) is 17.3 Å². The van der Waals surface area contributed by atoms with Gasteiger partial charge in [0.25, 0.3) is 5.95 Å². The largest absolute Gasteiger partial charge is 0.383 e. The summed E-state index contributed by atoms with van der Waals surface area (Å²) < 4.78 is 1.55. The molecular formula is C15H14ClN5. The molecule has 1 aromatic carbocycles. The van der Waals surface area contributed by atoms with Gasteiger partial charge in [-0.1, -0.05) is 23.7 Å². The van der Waals surface area contributed by atoms with Gasteiger partial charge in [0, 0.05) is 28.0 Å². The first-order valence-electron chi connectivity index (χ1n) is 6.47. The van der Waals surface area contributed by atoms with Crippen molar-refractivity contribution in [3.05, 3.63) is 52.8 Å². The van der Waals surface area contributed by atoms with E-state index < -0.39 is 0 Å². The zero-order valence-electron chi connectivity index (χ0n) is 11.7. The van der Waals surface area contributed by atoms with E-state index in [-0.39, 0.29) is 0 Å². The molecule has 21 heavy (non-hydrogen) atoms. The minimum absolute atomic E-state index is 0.477. The highest BCUT2D eigenvalue weighted by molar-refractivity contribution is 6.30. The molecule has 0 atom stereocenters. The van der Waals surface area contributed by atoms with Gasteiger partial charge in [-0.3, -0.25) is 0 Å². The van der Waals surface area contributed by atoms with Crippen molar-refractivity contribution < 1.29 is 0 Å². The highest BCUT2D eigenvalue weighted by Gasteiger charge is 2.11. The average Bonchev–Trinajstić information content (AvgIpc) is 2.80. The molecule has 106 valence electrons. The molecule has 0 unspecified atom stereocenters. The molecule has 5 nitrogen and oxygen atoms in total. The fraction of sp³-hybridized carbons (Fsp3) is 0.133. The number of aromatic nitrogens is 4. The lowest BCUT2D eigenvalue weighted by Crippen LogP contribution is -2.08. The minimum atomic E-state index is 0.477. The number of anilines is 1. The topological polar surface area (TPSA) is 69.6 Å². The summed E-state index contributed by atoms with van der Waals surface area (Å²) in [5.41, 5.74) is 9.48. The molecule has 3 rings (SSSR count). The van der Waals surface area contributed by atoms with Gasteiger partial charge < -0.3 is 5.73 Å². The summed E-state index contributed by atoms with van der Waals surface area (Å²) in [4.78, 5) is 8.75. The molecule has 0 amide bonds. The van der Waals surface area contributed by atoms with Crippen LogP contribution < -0.4 is 5.73 Å². The number of nitrogens with zero attached hydrogens (tertiary/aromatic N) is 4. The summed E-state index contributed by atoms with van der Waals surface area (Å²) in [7, 11) is 0. The lowest BCUT2D eigenvalue weighted by atomic mass is 10.1. The Morgan fingerprint density at radius 2 is 1.62 bits per heavy atom. The van der Waals surface area contributed by atoms with Gasteiger partial charge in [-0.05, 0) is 32.0 Å². The molecule has 2 N–H and O–H groups in total. The van der Waals surface area contributed by atoms with Gasteiger partial charge in [0.2, 0.25) is 0 Å². The highest BCUT2D eigenvalue weighted by atomic mass is 35.5. The molecule has 3 aromatic rings. The summed E-state index contributed by atoms with van der Waals surface area (Å²) in [5, 5.41) is 5.17. The lowest BCUT2D eigenvalue weighted by Gasteiger charge is -2.04. The van der Waals surface area contributed by atoms with Crippen LogP contribution in [0.25, 0.3) is 17.2 Å². The third-order valence-electron chi connectivity index (χ3n) is 3.04. The van der Waals surface area contributed by atoms with Crippen LogP contribution >= 0.6 is 11.6 Å². The molecule has 0 aliphatic rings. The molecule has 2 heterocycles. The van der Waals surface area contributed by atoms with Crippen LogP contribution in [-0.4, -0.2) is 19.7 Å². The van der Waals surface area contributed by atoms with E-state index in [0.717, 1.165) is 22.6 Å². The zero-order valence-corrected chi connectivity index (χ0v) is 12.5. The van der Waals surface area contributed by atoms with Crippen LogP contribution in [0.15, 0.2) is 36.4 Å². The Morgan fingerprint density at radius 1 is 1.00 bits per heavy atom. The number of nitrogens with two attached hydrogens (primary N) is 1. The van der Waals surface area contributed by atoms with Crippen LogP contribution in [0.5, 0.6) is 0 Å². The molecule has 6 heteroatoms. The molecule has 0 radical (unpaired) electrons. The van der Waals surface area contributed by atoms with Crippen LogP contribution in [0.2, 0.25) is 5.02 Å². The van der Waals surface area contributed by atoms with Gasteiger partial charge in [0.05, 0.1) is 5.69 Å². The monoisotopic (exact) mass is 299 g/mol. The third-order valence-corrected chi connectivity index (χ3v) is 3.29. The standard InChI is InChI=1S/C15H14ClN5/c1-9-7-10(2)19-15(18-9)21-14(17)8-13(20-21)11-3-5-12(16)6-4-11/h3-8H,17H2,1-2H3. The second-order valence-electron chi connectivity index (χ2n) is 4.82. The number of aryl methyl sites for hydroxylation is 2. The smallest absolute Gasteiger partial charge is 0.252 e. The normalized spacial score (nSPS) is 10.8. The summed E-state index contributed by atoms with van der Waals surface area (Å²) in [6.45, 7) is 3.83. The molecule has 0 aliphatic heterocycles. The van der Waals surface area contributed by atoms with E-state index in [2.05, 4.69) is 15.1 Å². The second-order valence-corrected chi connectivity index (χ2v) is 5.26. The second kappa shape index (κ2) is 5.18. The number of nitrogen functional groups attached to an aromatic ring is 1. The molecule has 0 spiro atoms. The van der Waals surface area contributed by atoms with E-state index in [9.17, 15) is 0 Å². The highest BCUT2D eigenvalue weighted by Crippen LogP contribution is 2.23. The van der Waals surface area contributed by atoms with Gasteiger partial charge in [0.1, 0.15) is 5.82 Å². The van der Waals surface area contributed by atoms with Gasteiger partial charge in [0.15, 0.2) is 0 Å². The van der Waals surface area contributed by atoms with Crippen molar-refractivity contribution in [3.8, 4) is 17.2 Å². The molecule has 0 bridgehead atoms. The maximum Gasteiger partial charge on any atom is 0.252 e. The van der Waals surface area contributed by atoms with Crippen molar-refractivity contribution in [1.29, 1.82) is 0 Å². The predicted octanol–water partition coefficient (Wildman–Crippen LogP) is 3.18. The van der Waals surface area contributed by atoms with Crippen molar-refractivity contribution >= 4 is 17.4 Å². The first-order valence-corrected chi connectivity index (χ1v) is 6.85. The molecule has 2 aromatic heterocycles. The Hall–Kier alpha value is -2.40. The quantitative estimate of drug-likeness (QED) is 0.789. The van der Waals surface area contributed by atoms with E-state index in [1.54, 1.807) is 10.7 Å². The summed E-state index contributed by atoms with van der Waals surface area (Å²) >= 11 is 5.90. The summed E-state index contributed by atoms with van der Waals surface area (Å²) in [6.07, 6.45) is 0. The summed E-state index contributed by atoms with van der Waals surface area (Å²) in [6, 6.07) is 11.1. The van der Waals surface area contributed by atoms with Gasteiger partial charge in [-0.25, -0.2) is 9.97 Å². The lowest BCUT2D eigenvalue weighted by molar-refractivity contribution is 0.805. The first kappa shape index (κ1) is 13.6. The Labute approximate surface area is 127 Å². The zero-order chi connectivity index (χ0) is 15.0. The molecule has 0 fully saturated rings. The van der Waals surface area contributed by atoms with E-state index >= 15 is 0 Å². The third kappa shape index (κ3) is 2.73. The summed E-state index contributed by atoms with van der Waals surface area (Å²) in [5.74, 6) is 0.968. The van der Waals surface area contributed by atoms with Gasteiger partial charge in [-0.15, -0.1) is 0 Å². The van der Waals surface area contributed by atoms with Crippen LogP contribution in [0, 0.1) is 13.8 Å². The number of hydrogen-bond acceptors (Lipinski definition) is 4. The van der Waals surface area contributed by atoms with Gasteiger partial charge in [-0.2, -0.15) is 9.78 Å². The Balaban J connectivity index is 2.07. The van der Waals surface area contributed by atoms with Crippen molar-refractivity contribution in [3.63, 3.8) is 0 Å². The maximum absolute atomic E-state index is 6.04. The van der Waals surface area contributed by atoms with Crippen LogP contribution in [0.4, 0.5) is 5.82 Å². The predicted molar refractivity (Wildman–Crippen MR) is 83.5 cm³/mol. The van der Waals surface area contributed by atoms with Crippen LogP contribution in [-0.2, 0) is 0 Å². The van der Waals surface area contributed by atoms with E-state index in [0.29, 0.717) is 16.8 Å². The van der Waals surface area contributed by atoms with Crippen LogP contribution in [0.3, 0.4) is 0 Å². The average molecular weight is 300 g/mol. The Morgan fingerprint density at radius 3 is 2.24 bits per heavy atom. The van der Waals surface area contributed by atoms with Crippen molar-refractivity contribution in [2.45, 2.75) is 13.8 Å². The first-order chi connectivity index (χ1) is 10.0. The Bertz CT molecular complexity index is 772. The number of rotatable bonds is 2. The molecule has 0 aliphatic carbocycles. The fourth-order valence-electron chi connectivity index (χ4n) is 2.12.